The van der Waals surface area contributed by atoms with Gasteiger partial charge in [0.05, 0.1) is 0 Å². The van der Waals surface area contributed by atoms with Gasteiger partial charge in [-0.25, -0.2) is 0 Å². The van der Waals surface area contributed by atoms with Gasteiger partial charge in [-0.1, -0.05) is 12.1 Å². The highest BCUT2D eigenvalue weighted by molar-refractivity contribution is 6.05. The minimum atomic E-state index is -0.188. The van der Waals surface area contributed by atoms with E-state index < -0.39 is 0 Å². The topological polar surface area (TPSA) is 49.4 Å². The Morgan fingerprint density at radius 3 is 2.33 bits per heavy atom. The second-order valence-electron chi connectivity index (χ2n) is 5.03. The van der Waals surface area contributed by atoms with Crippen LogP contribution in [0, 0.1) is 6.92 Å². The number of carbonyl (C=O) groups is 2. The van der Waals surface area contributed by atoms with Gasteiger partial charge in [0.2, 0.25) is 0 Å². The molecule has 0 aliphatic heterocycles. The molecule has 0 spiro atoms. The van der Waals surface area contributed by atoms with E-state index in [9.17, 15) is 9.59 Å². The third-order valence-electron chi connectivity index (χ3n) is 3.40. The molecule has 0 heterocycles. The fourth-order valence-electron chi connectivity index (χ4n) is 2.02. The summed E-state index contributed by atoms with van der Waals surface area (Å²) in [6, 6.07) is 12.6. The summed E-state index contributed by atoms with van der Waals surface area (Å²) in [5, 5.41) is 2.84. The van der Waals surface area contributed by atoms with Crippen molar-refractivity contribution in [2.24, 2.45) is 0 Å². The zero-order chi connectivity index (χ0) is 15.4. The highest BCUT2D eigenvalue weighted by Crippen LogP contribution is 2.19. The fraction of sp³-hybridized carbons (Fsp3) is 0.176. The van der Waals surface area contributed by atoms with Gasteiger partial charge in [-0.05, 0) is 42.8 Å². The molecule has 0 radical (unpaired) electrons. The quantitative estimate of drug-likeness (QED) is 0.876. The van der Waals surface area contributed by atoms with Crippen LogP contribution in [-0.2, 0) is 0 Å². The molecule has 0 saturated heterocycles. The van der Waals surface area contributed by atoms with Crippen LogP contribution in [0.3, 0.4) is 0 Å². The predicted octanol–water partition coefficient (Wildman–Crippen LogP) is 3.13. The van der Waals surface area contributed by atoms with E-state index in [0.29, 0.717) is 16.8 Å². The molecule has 0 aliphatic carbocycles. The lowest BCUT2D eigenvalue weighted by molar-refractivity contribution is 0.102. The van der Waals surface area contributed by atoms with Crippen LogP contribution in [-0.4, -0.2) is 26.3 Å². The number of nitrogens with zero attached hydrogens (tertiary/aromatic N) is 1. The Kier molecular flexibility index (Phi) is 4.38. The Balaban J connectivity index is 2.20. The van der Waals surface area contributed by atoms with Crippen LogP contribution < -0.4 is 10.2 Å². The monoisotopic (exact) mass is 282 g/mol. The average molecular weight is 282 g/mol. The van der Waals surface area contributed by atoms with Crippen LogP contribution in [0.4, 0.5) is 11.4 Å². The molecule has 1 N–H and O–H groups in total. The SMILES string of the molecule is Cc1c(C=O)cccc1NC(=O)c1ccc(N(C)C)cc1. The van der Waals surface area contributed by atoms with Crippen molar-refractivity contribution in [3.8, 4) is 0 Å². The number of anilines is 2. The molecule has 0 fully saturated rings. The normalized spacial score (nSPS) is 10.0. The summed E-state index contributed by atoms with van der Waals surface area (Å²) in [5.74, 6) is -0.188. The molecule has 21 heavy (non-hydrogen) atoms. The first-order chi connectivity index (χ1) is 10.0. The van der Waals surface area contributed by atoms with E-state index in [-0.39, 0.29) is 5.91 Å². The zero-order valence-electron chi connectivity index (χ0n) is 12.4. The molecule has 0 atom stereocenters. The lowest BCUT2D eigenvalue weighted by Crippen LogP contribution is -2.14. The Hall–Kier alpha value is -2.62. The van der Waals surface area contributed by atoms with Crippen molar-refractivity contribution in [1.29, 1.82) is 0 Å². The number of hydrogen-bond donors (Lipinski definition) is 1. The molecule has 1 amide bonds. The summed E-state index contributed by atoms with van der Waals surface area (Å²) in [6.45, 7) is 1.81. The Labute approximate surface area is 124 Å². The van der Waals surface area contributed by atoms with Crippen molar-refractivity contribution in [1.82, 2.24) is 0 Å². The van der Waals surface area contributed by atoms with Crippen molar-refractivity contribution in [2.45, 2.75) is 6.92 Å². The van der Waals surface area contributed by atoms with E-state index in [2.05, 4.69) is 5.32 Å². The van der Waals surface area contributed by atoms with Gasteiger partial charge in [0.1, 0.15) is 6.29 Å². The largest absolute Gasteiger partial charge is 0.378 e. The van der Waals surface area contributed by atoms with Crippen LogP contribution in [0.25, 0.3) is 0 Å². The van der Waals surface area contributed by atoms with Crippen LogP contribution in [0.15, 0.2) is 42.5 Å². The molecular formula is C17H18N2O2. The van der Waals surface area contributed by atoms with E-state index in [1.807, 2.05) is 38.1 Å². The summed E-state index contributed by atoms with van der Waals surface area (Å²) in [6.07, 6.45) is 0.789. The van der Waals surface area contributed by atoms with Gasteiger partial charge in [-0.2, -0.15) is 0 Å². The van der Waals surface area contributed by atoms with Gasteiger partial charge in [0.15, 0.2) is 0 Å². The molecule has 2 aromatic carbocycles. The molecule has 2 aromatic rings. The molecule has 0 aromatic heterocycles. The van der Waals surface area contributed by atoms with Crippen molar-refractivity contribution in [3.63, 3.8) is 0 Å². The molecule has 0 unspecified atom stereocenters. The minimum Gasteiger partial charge on any atom is -0.378 e. The van der Waals surface area contributed by atoms with Gasteiger partial charge >= 0.3 is 0 Å². The lowest BCUT2D eigenvalue weighted by Gasteiger charge is -2.13. The zero-order valence-corrected chi connectivity index (χ0v) is 12.4. The second kappa shape index (κ2) is 6.22. The Bertz CT molecular complexity index is 661. The van der Waals surface area contributed by atoms with E-state index in [4.69, 9.17) is 0 Å². The summed E-state index contributed by atoms with van der Waals surface area (Å²) in [5.41, 5.74) is 3.62. The maximum atomic E-state index is 12.2. The van der Waals surface area contributed by atoms with Crippen molar-refractivity contribution < 1.29 is 9.59 Å². The number of carbonyl (C=O) groups excluding carboxylic acids is 2. The predicted molar refractivity (Wildman–Crippen MR) is 85.3 cm³/mol. The van der Waals surface area contributed by atoms with E-state index >= 15 is 0 Å². The number of amides is 1. The fourth-order valence-corrected chi connectivity index (χ4v) is 2.02. The molecule has 0 bridgehead atoms. The Morgan fingerprint density at radius 2 is 1.76 bits per heavy atom. The number of nitrogens with one attached hydrogen (secondary N) is 1. The lowest BCUT2D eigenvalue weighted by atomic mass is 10.1. The highest BCUT2D eigenvalue weighted by Gasteiger charge is 2.09. The summed E-state index contributed by atoms with van der Waals surface area (Å²) in [4.78, 5) is 25.1. The van der Waals surface area contributed by atoms with Crippen LogP contribution in [0.1, 0.15) is 26.3 Å². The first kappa shape index (κ1) is 14.8. The van der Waals surface area contributed by atoms with Crippen molar-refractivity contribution in [2.75, 3.05) is 24.3 Å². The van der Waals surface area contributed by atoms with Gasteiger partial charge in [0, 0.05) is 36.6 Å². The highest BCUT2D eigenvalue weighted by atomic mass is 16.1. The third-order valence-corrected chi connectivity index (χ3v) is 3.40. The van der Waals surface area contributed by atoms with E-state index in [0.717, 1.165) is 17.5 Å². The van der Waals surface area contributed by atoms with Crippen LogP contribution in [0.5, 0.6) is 0 Å². The Morgan fingerprint density at radius 1 is 1.10 bits per heavy atom. The summed E-state index contributed by atoms with van der Waals surface area (Å²) in [7, 11) is 3.90. The van der Waals surface area contributed by atoms with Crippen LogP contribution in [0.2, 0.25) is 0 Å². The van der Waals surface area contributed by atoms with E-state index in [1.54, 1.807) is 30.3 Å². The summed E-state index contributed by atoms with van der Waals surface area (Å²) < 4.78 is 0. The number of aldehydes is 1. The maximum absolute atomic E-state index is 12.2. The van der Waals surface area contributed by atoms with Gasteiger partial charge in [0.25, 0.3) is 5.91 Å². The second-order valence-corrected chi connectivity index (χ2v) is 5.03. The third kappa shape index (κ3) is 3.28. The molecule has 0 aliphatic rings. The molecule has 108 valence electrons. The molecular weight excluding hydrogens is 264 g/mol. The average Bonchev–Trinajstić information content (AvgIpc) is 2.49. The number of rotatable bonds is 4. The minimum absolute atomic E-state index is 0.188. The number of hydrogen-bond acceptors (Lipinski definition) is 3. The standard InChI is InChI=1S/C17H18N2O2/c1-12-14(11-20)5-4-6-16(12)18-17(21)13-7-9-15(10-8-13)19(2)3/h4-11H,1-3H3,(H,18,21). The van der Waals surface area contributed by atoms with Crippen molar-refractivity contribution in [3.05, 3.63) is 59.2 Å². The van der Waals surface area contributed by atoms with Crippen LogP contribution >= 0.6 is 0 Å². The summed E-state index contributed by atoms with van der Waals surface area (Å²) >= 11 is 0. The first-order valence-corrected chi connectivity index (χ1v) is 6.66. The molecule has 2 rings (SSSR count). The van der Waals surface area contributed by atoms with E-state index in [1.165, 1.54) is 0 Å². The first-order valence-electron chi connectivity index (χ1n) is 6.66. The van der Waals surface area contributed by atoms with Gasteiger partial charge in [-0.3, -0.25) is 9.59 Å². The number of benzene rings is 2. The maximum Gasteiger partial charge on any atom is 0.255 e. The van der Waals surface area contributed by atoms with Gasteiger partial charge in [-0.15, -0.1) is 0 Å². The molecule has 0 saturated carbocycles. The van der Waals surface area contributed by atoms with Gasteiger partial charge < -0.3 is 10.2 Å². The van der Waals surface area contributed by atoms with Crippen molar-refractivity contribution >= 4 is 23.6 Å². The molecule has 4 heteroatoms. The smallest absolute Gasteiger partial charge is 0.255 e. The molecule has 4 nitrogen and oxygen atoms in total.